The van der Waals surface area contributed by atoms with Crippen LogP contribution in [0.3, 0.4) is 0 Å². The molecule has 0 saturated heterocycles. The van der Waals surface area contributed by atoms with Crippen molar-refractivity contribution in [1.29, 1.82) is 0 Å². The number of ether oxygens (including phenoxy) is 2. The minimum absolute atomic E-state index is 0.0307. The van der Waals surface area contributed by atoms with Gasteiger partial charge in [0.1, 0.15) is 5.75 Å². The molecule has 3 rings (SSSR count). The van der Waals surface area contributed by atoms with E-state index >= 15 is 0 Å². The van der Waals surface area contributed by atoms with Crippen LogP contribution < -0.4 is 4.74 Å². The van der Waals surface area contributed by atoms with Gasteiger partial charge in [0.05, 0.1) is 12.0 Å². The fourth-order valence-electron chi connectivity index (χ4n) is 4.46. The average Bonchev–Trinajstić information content (AvgIpc) is 2.72. The molecule has 0 aromatic heterocycles. The van der Waals surface area contributed by atoms with Crippen LogP contribution >= 0.6 is 0 Å². The van der Waals surface area contributed by atoms with E-state index in [-0.39, 0.29) is 37.7 Å². The first kappa shape index (κ1) is 24.9. The standard InChI is InChI=1S/C23H27F7O2/c1-2-3-14-4-6-15(7-5-14)22(27,28)31-17-10-8-16(9-11-17)23(29,30)32-18-12-19(24)21(26)20(25)13-18/h6,12-14,16-17H,2-5,7-11H2,1H3. The van der Waals surface area contributed by atoms with Crippen molar-refractivity contribution >= 4 is 0 Å². The number of allylic oxidation sites excluding steroid dienone is 1. The second-order valence-corrected chi connectivity index (χ2v) is 8.63. The van der Waals surface area contributed by atoms with E-state index in [0.29, 0.717) is 30.9 Å². The zero-order valence-electron chi connectivity index (χ0n) is 17.8. The zero-order valence-corrected chi connectivity index (χ0v) is 17.8. The molecule has 1 aromatic carbocycles. The minimum Gasteiger partial charge on any atom is -0.432 e. The third-order valence-electron chi connectivity index (χ3n) is 6.27. The van der Waals surface area contributed by atoms with Crippen molar-refractivity contribution in [3.05, 3.63) is 41.2 Å². The number of hydrogen-bond acceptors (Lipinski definition) is 2. The van der Waals surface area contributed by atoms with Crippen LogP contribution in [0.15, 0.2) is 23.8 Å². The molecular weight excluding hydrogens is 441 g/mol. The molecule has 32 heavy (non-hydrogen) atoms. The zero-order chi connectivity index (χ0) is 23.5. The largest absolute Gasteiger partial charge is 0.432 e. The molecule has 0 aliphatic heterocycles. The molecule has 9 heteroatoms. The van der Waals surface area contributed by atoms with Gasteiger partial charge in [0, 0.05) is 17.7 Å². The molecule has 1 aromatic rings. The number of hydrogen-bond donors (Lipinski definition) is 0. The lowest BCUT2D eigenvalue weighted by Gasteiger charge is -2.35. The Bertz CT molecular complexity index is 794. The molecular formula is C23H27F7O2. The van der Waals surface area contributed by atoms with Gasteiger partial charge in [-0.1, -0.05) is 25.8 Å². The van der Waals surface area contributed by atoms with Crippen LogP contribution in [0.4, 0.5) is 30.7 Å². The van der Waals surface area contributed by atoms with Gasteiger partial charge in [0.15, 0.2) is 17.5 Å². The van der Waals surface area contributed by atoms with E-state index in [0.717, 1.165) is 12.8 Å². The Morgan fingerprint density at radius 3 is 2.09 bits per heavy atom. The predicted octanol–water partition coefficient (Wildman–Crippen LogP) is 7.77. The van der Waals surface area contributed by atoms with E-state index in [1.165, 1.54) is 0 Å². The molecule has 0 N–H and O–H groups in total. The smallest absolute Gasteiger partial charge is 0.400 e. The van der Waals surface area contributed by atoms with Crippen LogP contribution in [0.1, 0.15) is 64.7 Å². The summed E-state index contributed by atoms with van der Waals surface area (Å²) in [6.45, 7) is 2.05. The molecule has 2 aliphatic rings. The lowest BCUT2D eigenvalue weighted by Crippen LogP contribution is -2.40. The van der Waals surface area contributed by atoms with Crippen molar-refractivity contribution < 1.29 is 40.2 Å². The summed E-state index contributed by atoms with van der Waals surface area (Å²) in [5.41, 5.74) is -0.0546. The number of halogens is 7. The van der Waals surface area contributed by atoms with Crippen LogP contribution in [0.5, 0.6) is 5.75 Å². The molecule has 180 valence electrons. The summed E-state index contributed by atoms with van der Waals surface area (Å²) in [5.74, 6) is -6.87. The lowest BCUT2D eigenvalue weighted by molar-refractivity contribution is -0.258. The van der Waals surface area contributed by atoms with E-state index < -0.39 is 47.4 Å². The van der Waals surface area contributed by atoms with E-state index in [9.17, 15) is 30.7 Å². The van der Waals surface area contributed by atoms with Crippen molar-refractivity contribution in [2.75, 3.05) is 0 Å². The van der Waals surface area contributed by atoms with Crippen molar-refractivity contribution in [2.45, 2.75) is 83.0 Å². The van der Waals surface area contributed by atoms with Crippen LogP contribution in [-0.4, -0.2) is 18.3 Å². The van der Waals surface area contributed by atoms with Crippen LogP contribution in [0, 0.1) is 29.3 Å². The minimum atomic E-state index is -3.80. The molecule has 0 heterocycles. The van der Waals surface area contributed by atoms with Gasteiger partial charge in [-0.3, -0.25) is 0 Å². The van der Waals surface area contributed by atoms with Crippen LogP contribution in [0.25, 0.3) is 0 Å². The quantitative estimate of drug-likeness (QED) is 0.220. The number of rotatable bonds is 8. The van der Waals surface area contributed by atoms with Crippen molar-refractivity contribution in [1.82, 2.24) is 0 Å². The SMILES string of the molecule is CCCC1CC=C(C(F)(F)OC2CCC(C(F)(F)Oc3cc(F)c(F)c(F)c3)CC2)CC1. The highest BCUT2D eigenvalue weighted by Crippen LogP contribution is 2.42. The molecule has 1 unspecified atom stereocenters. The Morgan fingerprint density at radius 2 is 1.56 bits per heavy atom. The van der Waals surface area contributed by atoms with Gasteiger partial charge in [0.2, 0.25) is 0 Å². The summed E-state index contributed by atoms with van der Waals surface area (Å²) >= 11 is 0. The fourth-order valence-corrected chi connectivity index (χ4v) is 4.46. The molecule has 0 radical (unpaired) electrons. The number of benzene rings is 1. The van der Waals surface area contributed by atoms with Gasteiger partial charge in [-0.05, 0) is 50.9 Å². The summed E-state index contributed by atoms with van der Waals surface area (Å²) < 4.78 is 107. The van der Waals surface area contributed by atoms with Gasteiger partial charge in [-0.15, -0.1) is 0 Å². The molecule has 0 spiro atoms. The predicted molar refractivity (Wildman–Crippen MR) is 104 cm³/mol. The summed E-state index contributed by atoms with van der Waals surface area (Å²) in [5, 5.41) is 0. The highest BCUT2D eigenvalue weighted by Gasteiger charge is 2.46. The fraction of sp³-hybridized carbons (Fsp3) is 0.652. The Kier molecular flexibility index (Phi) is 7.78. The van der Waals surface area contributed by atoms with Crippen LogP contribution in [-0.2, 0) is 4.74 Å². The lowest BCUT2D eigenvalue weighted by atomic mass is 9.85. The van der Waals surface area contributed by atoms with E-state index in [1.807, 2.05) is 0 Å². The molecule has 2 aliphatic carbocycles. The van der Waals surface area contributed by atoms with E-state index in [1.54, 1.807) is 6.08 Å². The van der Waals surface area contributed by atoms with Crippen molar-refractivity contribution in [3.63, 3.8) is 0 Å². The van der Waals surface area contributed by atoms with Crippen LogP contribution in [0.2, 0.25) is 0 Å². The Morgan fingerprint density at radius 1 is 0.938 bits per heavy atom. The highest BCUT2D eigenvalue weighted by atomic mass is 19.3. The molecule has 1 atom stereocenters. The monoisotopic (exact) mass is 468 g/mol. The Hall–Kier alpha value is -1.77. The van der Waals surface area contributed by atoms with Gasteiger partial charge >= 0.3 is 12.2 Å². The Balaban J connectivity index is 1.54. The first-order valence-electron chi connectivity index (χ1n) is 11.0. The molecule has 1 fully saturated rings. The summed E-state index contributed by atoms with van der Waals surface area (Å²) in [6, 6.07) is 0.676. The normalized spacial score (nSPS) is 24.9. The van der Waals surface area contributed by atoms with Crippen molar-refractivity contribution in [2.24, 2.45) is 11.8 Å². The molecule has 1 saturated carbocycles. The molecule has 2 nitrogen and oxygen atoms in total. The van der Waals surface area contributed by atoms with Gasteiger partial charge < -0.3 is 9.47 Å². The maximum Gasteiger partial charge on any atom is 0.400 e. The topological polar surface area (TPSA) is 18.5 Å². The highest BCUT2D eigenvalue weighted by molar-refractivity contribution is 5.25. The summed E-state index contributed by atoms with van der Waals surface area (Å²) in [7, 11) is 0. The third kappa shape index (κ3) is 5.97. The van der Waals surface area contributed by atoms with Crippen molar-refractivity contribution in [3.8, 4) is 5.75 Å². The van der Waals surface area contributed by atoms with Gasteiger partial charge in [-0.2, -0.15) is 17.6 Å². The molecule has 0 bridgehead atoms. The maximum atomic E-state index is 14.6. The maximum absolute atomic E-state index is 14.6. The first-order valence-corrected chi connectivity index (χ1v) is 11.0. The summed E-state index contributed by atoms with van der Waals surface area (Å²) in [6.07, 6.45) is -3.46. The molecule has 0 amide bonds. The van der Waals surface area contributed by atoms with E-state index in [4.69, 9.17) is 4.74 Å². The summed E-state index contributed by atoms with van der Waals surface area (Å²) in [4.78, 5) is 0. The Labute approximate surface area is 182 Å². The first-order chi connectivity index (χ1) is 15.0. The number of alkyl halides is 4. The second-order valence-electron chi connectivity index (χ2n) is 8.63. The van der Waals surface area contributed by atoms with Gasteiger partial charge in [-0.25, -0.2) is 13.2 Å². The van der Waals surface area contributed by atoms with Gasteiger partial charge in [0.25, 0.3) is 0 Å². The average molecular weight is 468 g/mol. The van der Waals surface area contributed by atoms with E-state index in [2.05, 4.69) is 11.7 Å². The second kappa shape index (κ2) is 10.0. The third-order valence-corrected chi connectivity index (χ3v) is 6.27.